The van der Waals surface area contributed by atoms with Crippen molar-refractivity contribution in [1.29, 1.82) is 5.26 Å². The Morgan fingerprint density at radius 3 is 2.50 bits per heavy atom. The number of nitrogens with one attached hydrogen (secondary N) is 1. The van der Waals surface area contributed by atoms with Gasteiger partial charge >= 0.3 is 0 Å². The molecule has 0 saturated heterocycles. The second kappa shape index (κ2) is 6.31. The van der Waals surface area contributed by atoms with E-state index in [1.165, 1.54) is 0 Å². The third-order valence-electron chi connectivity index (χ3n) is 3.04. The van der Waals surface area contributed by atoms with Gasteiger partial charge in [-0.15, -0.1) is 5.10 Å². The first-order valence-electron chi connectivity index (χ1n) is 6.00. The summed E-state index contributed by atoms with van der Waals surface area (Å²) in [5.41, 5.74) is 2.21. The van der Waals surface area contributed by atoms with E-state index >= 15 is 0 Å². The van der Waals surface area contributed by atoms with Crippen LogP contribution in [0.5, 0.6) is 0 Å². The van der Waals surface area contributed by atoms with Crippen LogP contribution < -0.4 is 5.32 Å². The molecule has 5 heteroatoms. The highest BCUT2D eigenvalue weighted by atomic mass is 16.5. The molecule has 1 heterocycles. The van der Waals surface area contributed by atoms with Crippen LogP contribution >= 0.6 is 0 Å². The summed E-state index contributed by atoms with van der Waals surface area (Å²) >= 11 is 0. The average molecular weight is 248 g/mol. The lowest BCUT2D eigenvalue weighted by Gasteiger charge is -2.22. The van der Waals surface area contributed by atoms with Crippen LogP contribution in [-0.2, 0) is 4.74 Å². The normalized spacial score (nSPS) is 12.3. The number of aryl methyl sites for hydroxylation is 1. The summed E-state index contributed by atoms with van der Waals surface area (Å²) in [6, 6.07) is 2.29. The minimum atomic E-state index is 0.110. The second-order valence-corrected chi connectivity index (χ2v) is 4.70. The minimum absolute atomic E-state index is 0.110. The molecule has 1 aromatic heterocycles. The average Bonchev–Trinajstić information content (AvgIpc) is 2.33. The zero-order chi connectivity index (χ0) is 13.7. The van der Waals surface area contributed by atoms with Crippen LogP contribution in [0.2, 0.25) is 0 Å². The monoisotopic (exact) mass is 248 g/mol. The molecular weight excluding hydrogens is 228 g/mol. The van der Waals surface area contributed by atoms with E-state index in [2.05, 4.69) is 35.4 Å². The molecule has 1 atom stereocenters. The molecule has 1 rings (SSSR count). The molecule has 1 N–H and O–H groups in total. The maximum atomic E-state index is 9.22. The Morgan fingerprint density at radius 2 is 2.00 bits per heavy atom. The van der Waals surface area contributed by atoms with Gasteiger partial charge in [0.1, 0.15) is 11.6 Å². The molecule has 0 fully saturated rings. The molecular formula is C13H20N4O. The quantitative estimate of drug-likeness (QED) is 0.863. The van der Waals surface area contributed by atoms with Crippen LogP contribution in [0.1, 0.15) is 30.7 Å². The van der Waals surface area contributed by atoms with Gasteiger partial charge in [0.15, 0.2) is 5.82 Å². The van der Waals surface area contributed by atoms with Crippen LogP contribution in [0.4, 0.5) is 5.82 Å². The standard InChI is InChI=1S/C13H20N4O/c1-8(2)12(7-18-5)15-13-11(6-14)9(3)10(4)16-17-13/h8,12H,7H2,1-5H3,(H,15,17). The predicted octanol–water partition coefficient (Wildman–Crippen LogP) is 2.05. The molecule has 0 spiro atoms. The summed E-state index contributed by atoms with van der Waals surface area (Å²) in [5.74, 6) is 0.913. The highest BCUT2D eigenvalue weighted by Gasteiger charge is 2.17. The van der Waals surface area contributed by atoms with Gasteiger partial charge in [-0.3, -0.25) is 0 Å². The van der Waals surface area contributed by atoms with Gasteiger partial charge in [0.25, 0.3) is 0 Å². The minimum Gasteiger partial charge on any atom is -0.383 e. The molecule has 0 aliphatic rings. The van der Waals surface area contributed by atoms with E-state index in [-0.39, 0.29) is 6.04 Å². The van der Waals surface area contributed by atoms with Crippen molar-refractivity contribution in [3.05, 3.63) is 16.8 Å². The van der Waals surface area contributed by atoms with Crippen molar-refractivity contribution >= 4 is 5.82 Å². The number of aromatic nitrogens is 2. The van der Waals surface area contributed by atoms with Gasteiger partial charge in [0.05, 0.1) is 18.3 Å². The molecule has 0 bridgehead atoms. The van der Waals surface area contributed by atoms with Gasteiger partial charge in [0.2, 0.25) is 0 Å². The number of nitriles is 1. The van der Waals surface area contributed by atoms with Crippen LogP contribution in [0, 0.1) is 31.1 Å². The number of hydrogen-bond donors (Lipinski definition) is 1. The Morgan fingerprint density at radius 1 is 1.33 bits per heavy atom. The summed E-state index contributed by atoms with van der Waals surface area (Å²) in [6.45, 7) is 8.49. The molecule has 0 aliphatic carbocycles. The molecule has 98 valence electrons. The van der Waals surface area contributed by atoms with Crippen molar-refractivity contribution in [3.63, 3.8) is 0 Å². The predicted molar refractivity (Wildman–Crippen MR) is 70.3 cm³/mol. The second-order valence-electron chi connectivity index (χ2n) is 4.70. The summed E-state index contributed by atoms with van der Waals surface area (Å²) < 4.78 is 5.17. The van der Waals surface area contributed by atoms with Crippen molar-refractivity contribution in [3.8, 4) is 6.07 Å². The molecule has 0 amide bonds. The van der Waals surface area contributed by atoms with Crippen LogP contribution in [0.15, 0.2) is 0 Å². The zero-order valence-corrected chi connectivity index (χ0v) is 11.6. The van der Waals surface area contributed by atoms with Crippen molar-refractivity contribution < 1.29 is 4.74 Å². The van der Waals surface area contributed by atoms with Gasteiger partial charge < -0.3 is 10.1 Å². The van der Waals surface area contributed by atoms with Gasteiger partial charge in [-0.1, -0.05) is 13.8 Å². The lowest BCUT2D eigenvalue weighted by Crippen LogP contribution is -2.31. The van der Waals surface area contributed by atoms with Crippen LogP contribution in [0.25, 0.3) is 0 Å². The van der Waals surface area contributed by atoms with Gasteiger partial charge in [0, 0.05) is 7.11 Å². The molecule has 5 nitrogen and oxygen atoms in total. The maximum Gasteiger partial charge on any atom is 0.167 e. The van der Waals surface area contributed by atoms with E-state index in [4.69, 9.17) is 4.74 Å². The zero-order valence-electron chi connectivity index (χ0n) is 11.6. The third kappa shape index (κ3) is 3.17. The Balaban J connectivity index is 3.03. The van der Waals surface area contributed by atoms with E-state index < -0.39 is 0 Å². The molecule has 0 radical (unpaired) electrons. The fourth-order valence-corrected chi connectivity index (χ4v) is 1.60. The van der Waals surface area contributed by atoms with Gasteiger partial charge in [-0.2, -0.15) is 10.4 Å². The first-order chi connectivity index (χ1) is 8.51. The summed E-state index contributed by atoms with van der Waals surface area (Å²) in [6.07, 6.45) is 0. The van der Waals surface area contributed by atoms with Crippen LogP contribution in [-0.4, -0.2) is 30.0 Å². The van der Waals surface area contributed by atoms with Crippen molar-refractivity contribution in [2.45, 2.75) is 33.7 Å². The largest absolute Gasteiger partial charge is 0.383 e. The molecule has 0 aromatic carbocycles. The molecule has 1 aromatic rings. The fourth-order valence-electron chi connectivity index (χ4n) is 1.60. The maximum absolute atomic E-state index is 9.22. The number of ether oxygens (including phenoxy) is 1. The number of hydrogen-bond acceptors (Lipinski definition) is 5. The summed E-state index contributed by atoms with van der Waals surface area (Å²) in [5, 5.41) is 20.6. The number of methoxy groups -OCH3 is 1. The molecule has 1 unspecified atom stereocenters. The van der Waals surface area contributed by atoms with E-state index in [1.807, 2.05) is 13.8 Å². The van der Waals surface area contributed by atoms with Crippen molar-refractivity contribution in [2.24, 2.45) is 5.92 Å². The molecule has 18 heavy (non-hydrogen) atoms. The first kappa shape index (κ1) is 14.4. The van der Waals surface area contributed by atoms with Gasteiger partial charge in [-0.05, 0) is 25.3 Å². The lowest BCUT2D eigenvalue weighted by atomic mass is 10.0. The number of rotatable bonds is 5. The van der Waals surface area contributed by atoms with E-state index in [1.54, 1.807) is 7.11 Å². The smallest absolute Gasteiger partial charge is 0.167 e. The first-order valence-corrected chi connectivity index (χ1v) is 6.00. The fraction of sp³-hybridized carbons (Fsp3) is 0.615. The van der Waals surface area contributed by atoms with Crippen molar-refractivity contribution in [2.75, 3.05) is 19.0 Å². The Hall–Kier alpha value is -1.67. The lowest BCUT2D eigenvalue weighted by molar-refractivity contribution is 0.171. The SMILES string of the molecule is COCC(Nc1nnc(C)c(C)c1C#N)C(C)C. The summed E-state index contributed by atoms with van der Waals surface area (Å²) in [7, 11) is 1.66. The Bertz CT molecular complexity index is 451. The number of nitrogens with zero attached hydrogens (tertiary/aromatic N) is 3. The highest BCUT2D eigenvalue weighted by Crippen LogP contribution is 2.19. The Labute approximate surface area is 108 Å². The summed E-state index contributed by atoms with van der Waals surface area (Å²) in [4.78, 5) is 0. The third-order valence-corrected chi connectivity index (χ3v) is 3.04. The topological polar surface area (TPSA) is 70.8 Å². The highest BCUT2D eigenvalue weighted by molar-refractivity contribution is 5.56. The van der Waals surface area contributed by atoms with Crippen molar-refractivity contribution in [1.82, 2.24) is 10.2 Å². The Kier molecular flexibility index (Phi) is 5.05. The van der Waals surface area contributed by atoms with Gasteiger partial charge in [-0.25, -0.2) is 0 Å². The van der Waals surface area contributed by atoms with E-state index in [0.717, 1.165) is 11.3 Å². The molecule has 0 aliphatic heterocycles. The van der Waals surface area contributed by atoms with Crippen LogP contribution in [0.3, 0.4) is 0 Å². The number of anilines is 1. The van der Waals surface area contributed by atoms with E-state index in [9.17, 15) is 5.26 Å². The van der Waals surface area contributed by atoms with E-state index in [0.29, 0.717) is 23.9 Å². The molecule has 0 saturated carbocycles.